The van der Waals surface area contributed by atoms with Crippen molar-refractivity contribution in [3.8, 4) is 0 Å². The maximum absolute atomic E-state index is 11.8. The van der Waals surface area contributed by atoms with E-state index in [0.717, 1.165) is 4.47 Å². The second-order valence-corrected chi connectivity index (χ2v) is 7.17. The molecule has 0 unspecified atom stereocenters. The lowest BCUT2D eigenvalue weighted by molar-refractivity contribution is 0.277. The van der Waals surface area contributed by atoms with Gasteiger partial charge in [0.05, 0.1) is 6.61 Å². The molecule has 0 bridgehead atoms. The number of benzene rings is 1. The summed E-state index contributed by atoms with van der Waals surface area (Å²) in [5, 5.41) is 8.26. The summed E-state index contributed by atoms with van der Waals surface area (Å²) >= 11 is 3.29. The van der Waals surface area contributed by atoms with Crippen molar-refractivity contribution in [1.29, 1.82) is 0 Å². The van der Waals surface area contributed by atoms with Crippen molar-refractivity contribution in [1.82, 2.24) is 0 Å². The third kappa shape index (κ3) is 3.51. The summed E-state index contributed by atoms with van der Waals surface area (Å²) in [7, 11) is -3.35. The summed E-state index contributed by atoms with van der Waals surface area (Å²) in [4.78, 5) is 0. The molecule has 0 spiro atoms. The van der Waals surface area contributed by atoms with Gasteiger partial charge >= 0.3 is 0 Å². The van der Waals surface area contributed by atoms with Crippen LogP contribution in [0, 0.1) is 0 Å². The highest BCUT2D eigenvalue weighted by atomic mass is 79.9. The van der Waals surface area contributed by atoms with E-state index < -0.39 is 27.7 Å². The molecule has 0 amide bonds. The standard InChI is InChI=1S/C11H16BrNO3S/c1-2-17(15,16)10(7-14)11(13)8-3-5-9(12)6-4-8/h3-6,10-11,14H,2,7,13H2,1H3/t10-,11+/m1/s1. The summed E-state index contributed by atoms with van der Waals surface area (Å²) in [6.45, 7) is 1.08. The molecular weight excluding hydrogens is 306 g/mol. The molecule has 0 aromatic heterocycles. The molecule has 17 heavy (non-hydrogen) atoms. The van der Waals surface area contributed by atoms with E-state index in [4.69, 9.17) is 5.73 Å². The fourth-order valence-corrected chi connectivity index (χ4v) is 3.09. The number of halogens is 1. The van der Waals surface area contributed by atoms with Crippen LogP contribution in [0.15, 0.2) is 28.7 Å². The van der Waals surface area contributed by atoms with E-state index in [9.17, 15) is 13.5 Å². The van der Waals surface area contributed by atoms with Crippen LogP contribution in [0.3, 0.4) is 0 Å². The Morgan fingerprint density at radius 3 is 2.29 bits per heavy atom. The van der Waals surface area contributed by atoms with Gasteiger partial charge in [0.1, 0.15) is 5.25 Å². The first-order valence-electron chi connectivity index (χ1n) is 5.25. The third-order valence-corrected chi connectivity index (χ3v) is 5.40. The molecular formula is C11H16BrNO3S. The maximum atomic E-state index is 11.8. The Morgan fingerprint density at radius 2 is 1.88 bits per heavy atom. The minimum atomic E-state index is -3.35. The minimum absolute atomic E-state index is 0.0253. The molecule has 0 aliphatic rings. The number of sulfone groups is 1. The topological polar surface area (TPSA) is 80.4 Å². The molecule has 0 fully saturated rings. The Bertz CT molecular complexity index is 458. The average Bonchev–Trinajstić information content (AvgIpc) is 2.30. The lowest BCUT2D eigenvalue weighted by atomic mass is 10.1. The molecule has 1 rings (SSSR count). The number of aliphatic hydroxyl groups excluding tert-OH is 1. The Morgan fingerprint density at radius 1 is 1.35 bits per heavy atom. The van der Waals surface area contributed by atoms with Gasteiger partial charge in [-0.05, 0) is 17.7 Å². The second kappa shape index (κ2) is 5.95. The molecule has 4 nitrogen and oxygen atoms in total. The first kappa shape index (κ1) is 14.6. The molecule has 0 aliphatic heterocycles. The van der Waals surface area contributed by atoms with Crippen LogP contribution in [0.2, 0.25) is 0 Å². The van der Waals surface area contributed by atoms with Crippen molar-refractivity contribution in [2.45, 2.75) is 18.2 Å². The highest BCUT2D eigenvalue weighted by Gasteiger charge is 2.30. The highest BCUT2D eigenvalue weighted by molar-refractivity contribution is 9.10. The normalized spacial score (nSPS) is 15.5. The molecule has 3 N–H and O–H groups in total. The fourth-order valence-electron chi connectivity index (χ4n) is 1.56. The third-order valence-electron chi connectivity index (χ3n) is 2.70. The molecule has 1 aromatic rings. The van der Waals surface area contributed by atoms with Crippen LogP contribution >= 0.6 is 15.9 Å². The van der Waals surface area contributed by atoms with Gasteiger partial charge in [0.15, 0.2) is 9.84 Å². The number of hydrogen-bond acceptors (Lipinski definition) is 4. The SMILES string of the molecule is CCS(=O)(=O)[C@H](CO)[C@@H](N)c1ccc(Br)cc1. The van der Waals surface area contributed by atoms with Gasteiger partial charge < -0.3 is 10.8 Å². The van der Waals surface area contributed by atoms with Gasteiger partial charge in [0, 0.05) is 16.3 Å². The first-order valence-corrected chi connectivity index (χ1v) is 7.76. The monoisotopic (exact) mass is 321 g/mol. The van der Waals surface area contributed by atoms with Crippen LogP contribution in [0.5, 0.6) is 0 Å². The first-order chi connectivity index (χ1) is 7.92. The zero-order valence-electron chi connectivity index (χ0n) is 9.51. The van der Waals surface area contributed by atoms with Crippen LogP contribution in [0.4, 0.5) is 0 Å². The predicted molar refractivity (Wildman–Crippen MR) is 71.4 cm³/mol. The summed E-state index contributed by atoms with van der Waals surface area (Å²) in [6, 6.07) is 6.38. The van der Waals surface area contributed by atoms with E-state index in [1.165, 1.54) is 0 Å². The summed E-state index contributed by atoms with van der Waals surface area (Å²) in [5.74, 6) is -0.0253. The second-order valence-electron chi connectivity index (χ2n) is 3.75. The van der Waals surface area contributed by atoms with Crippen LogP contribution < -0.4 is 5.73 Å². The van der Waals surface area contributed by atoms with Gasteiger partial charge in [-0.2, -0.15) is 0 Å². The smallest absolute Gasteiger partial charge is 0.157 e. The van der Waals surface area contributed by atoms with Crippen LogP contribution in [-0.4, -0.2) is 31.1 Å². The van der Waals surface area contributed by atoms with Crippen molar-refractivity contribution >= 4 is 25.8 Å². The van der Waals surface area contributed by atoms with E-state index in [2.05, 4.69) is 15.9 Å². The molecule has 96 valence electrons. The number of hydrogen-bond donors (Lipinski definition) is 2. The molecule has 0 heterocycles. The largest absolute Gasteiger partial charge is 0.395 e. The molecule has 1 aromatic carbocycles. The van der Waals surface area contributed by atoms with Crippen molar-refractivity contribution in [2.24, 2.45) is 5.73 Å². The van der Waals surface area contributed by atoms with Gasteiger partial charge in [0.25, 0.3) is 0 Å². The van der Waals surface area contributed by atoms with Gasteiger partial charge in [-0.3, -0.25) is 0 Å². The van der Waals surface area contributed by atoms with Crippen LogP contribution in [0.25, 0.3) is 0 Å². The Balaban J connectivity index is 3.02. The van der Waals surface area contributed by atoms with E-state index in [-0.39, 0.29) is 5.75 Å². The molecule has 0 saturated carbocycles. The molecule has 0 radical (unpaired) electrons. The van der Waals surface area contributed by atoms with E-state index in [0.29, 0.717) is 5.56 Å². The average molecular weight is 322 g/mol. The quantitative estimate of drug-likeness (QED) is 0.855. The minimum Gasteiger partial charge on any atom is -0.395 e. The van der Waals surface area contributed by atoms with E-state index in [1.807, 2.05) is 0 Å². The maximum Gasteiger partial charge on any atom is 0.157 e. The van der Waals surface area contributed by atoms with Crippen LogP contribution in [0.1, 0.15) is 18.5 Å². The Kier molecular flexibility index (Phi) is 5.12. The summed E-state index contributed by atoms with van der Waals surface area (Å²) < 4.78 is 24.4. The number of aliphatic hydroxyl groups is 1. The Labute approximate surface area is 110 Å². The molecule has 0 saturated heterocycles. The van der Waals surface area contributed by atoms with E-state index >= 15 is 0 Å². The van der Waals surface area contributed by atoms with Gasteiger partial charge in [-0.15, -0.1) is 0 Å². The summed E-state index contributed by atoms with van der Waals surface area (Å²) in [6.07, 6.45) is 0. The van der Waals surface area contributed by atoms with Gasteiger partial charge in [-0.25, -0.2) is 8.42 Å². The molecule has 2 atom stereocenters. The van der Waals surface area contributed by atoms with Gasteiger partial charge in [-0.1, -0.05) is 35.0 Å². The van der Waals surface area contributed by atoms with Crippen molar-refractivity contribution in [3.05, 3.63) is 34.3 Å². The number of rotatable bonds is 5. The molecule has 0 aliphatic carbocycles. The summed E-state index contributed by atoms with van der Waals surface area (Å²) in [5.41, 5.74) is 6.61. The fraction of sp³-hybridized carbons (Fsp3) is 0.455. The molecule has 6 heteroatoms. The van der Waals surface area contributed by atoms with Crippen molar-refractivity contribution in [2.75, 3.05) is 12.4 Å². The number of nitrogens with two attached hydrogens (primary N) is 1. The predicted octanol–water partition coefficient (Wildman–Crippen LogP) is 1.24. The highest BCUT2D eigenvalue weighted by Crippen LogP contribution is 2.22. The van der Waals surface area contributed by atoms with Gasteiger partial charge in [0.2, 0.25) is 0 Å². The lowest BCUT2D eigenvalue weighted by Crippen LogP contribution is -2.37. The zero-order valence-corrected chi connectivity index (χ0v) is 11.9. The van der Waals surface area contributed by atoms with E-state index in [1.54, 1.807) is 31.2 Å². The van der Waals surface area contributed by atoms with Crippen molar-refractivity contribution in [3.63, 3.8) is 0 Å². The Hall–Kier alpha value is -0.430. The lowest BCUT2D eigenvalue weighted by Gasteiger charge is -2.21. The van der Waals surface area contributed by atoms with Crippen molar-refractivity contribution < 1.29 is 13.5 Å². The zero-order chi connectivity index (χ0) is 13.1. The van der Waals surface area contributed by atoms with Crippen LogP contribution in [-0.2, 0) is 9.84 Å².